The van der Waals surface area contributed by atoms with E-state index in [1.165, 1.54) is 5.56 Å². The highest BCUT2D eigenvalue weighted by molar-refractivity contribution is 5.91. The van der Waals surface area contributed by atoms with E-state index in [4.69, 9.17) is 4.74 Å². The van der Waals surface area contributed by atoms with Crippen LogP contribution in [0.3, 0.4) is 0 Å². The van der Waals surface area contributed by atoms with Gasteiger partial charge in [0.2, 0.25) is 5.91 Å². The van der Waals surface area contributed by atoms with Crippen molar-refractivity contribution in [1.82, 2.24) is 15.5 Å². The lowest BCUT2D eigenvalue weighted by atomic mass is 9.73. The molecule has 1 aliphatic heterocycles. The van der Waals surface area contributed by atoms with E-state index >= 15 is 0 Å². The highest BCUT2D eigenvalue weighted by Gasteiger charge is 2.48. The summed E-state index contributed by atoms with van der Waals surface area (Å²) < 4.78 is 5.84. The fraction of sp³-hybridized carbons (Fsp3) is 0.382. The van der Waals surface area contributed by atoms with Gasteiger partial charge >= 0.3 is 12.1 Å². The average Bonchev–Trinajstić information content (AvgIpc) is 3.30. The first-order chi connectivity index (χ1) is 20.4. The highest BCUT2D eigenvalue weighted by atomic mass is 16.5. The molecule has 1 saturated heterocycles. The molecular weight excluding hydrogens is 530 g/mol. The first-order valence-corrected chi connectivity index (χ1v) is 14.8. The van der Waals surface area contributed by atoms with Crippen molar-refractivity contribution in [3.05, 3.63) is 95.6 Å². The maximum atomic E-state index is 13.9. The minimum atomic E-state index is -1.18. The topological polar surface area (TPSA) is 108 Å². The van der Waals surface area contributed by atoms with Crippen LogP contribution in [-0.4, -0.2) is 58.8 Å². The molecule has 0 atom stereocenters. The molecule has 218 valence electrons. The third kappa shape index (κ3) is 5.63. The average molecular weight is 568 g/mol. The van der Waals surface area contributed by atoms with Crippen LogP contribution in [0.5, 0.6) is 0 Å². The predicted molar refractivity (Wildman–Crippen MR) is 159 cm³/mol. The van der Waals surface area contributed by atoms with Crippen molar-refractivity contribution in [2.75, 3.05) is 19.7 Å². The molecule has 6 rings (SSSR count). The molecule has 3 N–H and O–H groups in total. The Balaban J connectivity index is 1.17. The van der Waals surface area contributed by atoms with Gasteiger partial charge in [-0.3, -0.25) is 14.5 Å². The molecule has 1 heterocycles. The number of rotatable bonds is 9. The number of ether oxygens (including phenoxy) is 1. The zero-order chi connectivity index (χ0) is 29.2. The van der Waals surface area contributed by atoms with Crippen LogP contribution in [-0.2, 0) is 20.9 Å². The molecule has 2 fully saturated rings. The monoisotopic (exact) mass is 567 g/mol. The molecule has 0 aromatic heterocycles. The lowest BCUT2D eigenvalue weighted by Crippen LogP contribution is -2.67. The van der Waals surface area contributed by atoms with Crippen LogP contribution < -0.4 is 10.6 Å². The smallest absolute Gasteiger partial charge is 0.408 e. The largest absolute Gasteiger partial charge is 0.481 e. The maximum Gasteiger partial charge on any atom is 0.408 e. The van der Waals surface area contributed by atoms with Crippen LogP contribution in [0.2, 0.25) is 0 Å². The van der Waals surface area contributed by atoms with Crippen molar-refractivity contribution < 1.29 is 24.2 Å². The highest BCUT2D eigenvalue weighted by Crippen LogP contribution is 2.44. The fourth-order valence-corrected chi connectivity index (χ4v) is 6.77. The number of benzene rings is 3. The van der Waals surface area contributed by atoms with Gasteiger partial charge in [-0.15, -0.1) is 0 Å². The lowest BCUT2D eigenvalue weighted by Gasteiger charge is -2.46. The molecule has 0 spiro atoms. The predicted octanol–water partition coefficient (Wildman–Crippen LogP) is 5.07. The van der Waals surface area contributed by atoms with Crippen molar-refractivity contribution in [3.8, 4) is 11.1 Å². The van der Waals surface area contributed by atoms with E-state index in [2.05, 4.69) is 51.9 Å². The number of hydrogen-bond donors (Lipinski definition) is 3. The van der Waals surface area contributed by atoms with Gasteiger partial charge in [-0.1, -0.05) is 78.9 Å². The molecule has 0 radical (unpaired) electrons. The van der Waals surface area contributed by atoms with E-state index in [1.54, 1.807) is 0 Å². The number of amides is 2. The molecular formula is C34H37N3O5. The number of alkyl carbamates (subject to hydrolysis) is 1. The molecule has 2 amide bonds. The third-order valence-electron chi connectivity index (χ3n) is 9.26. The van der Waals surface area contributed by atoms with Crippen LogP contribution in [0.4, 0.5) is 4.79 Å². The number of fused-ring (bicyclic) bond motifs is 3. The Morgan fingerprint density at radius 3 is 1.98 bits per heavy atom. The summed E-state index contributed by atoms with van der Waals surface area (Å²) in [6.45, 7) is 2.13. The molecule has 3 aliphatic rings. The summed E-state index contributed by atoms with van der Waals surface area (Å²) in [7, 11) is 0. The Labute approximate surface area is 246 Å². The zero-order valence-electron chi connectivity index (χ0n) is 23.7. The minimum Gasteiger partial charge on any atom is -0.481 e. The molecule has 0 bridgehead atoms. The second kappa shape index (κ2) is 11.6. The van der Waals surface area contributed by atoms with Gasteiger partial charge < -0.3 is 20.5 Å². The molecule has 42 heavy (non-hydrogen) atoms. The van der Waals surface area contributed by atoms with E-state index in [0.29, 0.717) is 38.8 Å². The molecule has 0 unspecified atom stereocenters. The van der Waals surface area contributed by atoms with Crippen LogP contribution in [0.15, 0.2) is 78.9 Å². The second-order valence-electron chi connectivity index (χ2n) is 12.0. The normalized spacial score (nSPS) is 18.7. The molecule has 8 heteroatoms. The van der Waals surface area contributed by atoms with Crippen molar-refractivity contribution in [1.29, 1.82) is 0 Å². The summed E-state index contributed by atoms with van der Waals surface area (Å²) in [6.07, 6.45) is 2.14. The maximum absolute atomic E-state index is 13.9. The van der Waals surface area contributed by atoms with Gasteiger partial charge in [0.15, 0.2) is 0 Å². The van der Waals surface area contributed by atoms with E-state index in [1.807, 2.05) is 42.5 Å². The first kappa shape index (κ1) is 28.0. The molecule has 3 aromatic rings. The van der Waals surface area contributed by atoms with Gasteiger partial charge in [0, 0.05) is 25.6 Å². The summed E-state index contributed by atoms with van der Waals surface area (Å²) in [4.78, 5) is 41.1. The molecule has 8 nitrogen and oxygen atoms in total. The summed E-state index contributed by atoms with van der Waals surface area (Å²) >= 11 is 0. The summed E-state index contributed by atoms with van der Waals surface area (Å²) in [5.41, 5.74) is 3.77. The van der Waals surface area contributed by atoms with Crippen LogP contribution >= 0.6 is 0 Å². The van der Waals surface area contributed by atoms with Crippen LogP contribution in [0.1, 0.15) is 61.1 Å². The first-order valence-electron chi connectivity index (χ1n) is 14.8. The Hall–Kier alpha value is -4.17. The number of carbonyl (C=O) groups excluding carboxylic acids is 2. The number of piperidine rings is 1. The number of nitrogens with zero attached hydrogens (tertiary/aromatic N) is 1. The van der Waals surface area contributed by atoms with E-state index < -0.39 is 23.1 Å². The van der Waals surface area contributed by atoms with Gasteiger partial charge in [0.05, 0.1) is 12.0 Å². The number of nitrogens with one attached hydrogen (secondary N) is 2. The van der Waals surface area contributed by atoms with Crippen molar-refractivity contribution >= 4 is 18.0 Å². The Bertz CT molecular complexity index is 1420. The van der Waals surface area contributed by atoms with Crippen LogP contribution in [0.25, 0.3) is 11.1 Å². The number of carbonyl (C=O) groups is 3. The summed E-state index contributed by atoms with van der Waals surface area (Å²) in [5, 5.41) is 15.5. The van der Waals surface area contributed by atoms with E-state index in [-0.39, 0.29) is 24.9 Å². The SMILES string of the molecule is O=C(O)CC1(NC(=O)C2(NC(=O)OCC3c4ccccc4-c4ccccc43)CCN(Cc3ccccc3)CC2)CCC1. The van der Waals surface area contributed by atoms with Gasteiger partial charge in [0.1, 0.15) is 12.1 Å². The fourth-order valence-electron chi connectivity index (χ4n) is 6.77. The van der Waals surface area contributed by atoms with E-state index in [0.717, 1.165) is 35.2 Å². The van der Waals surface area contributed by atoms with Gasteiger partial charge in [-0.2, -0.15) is 0 Å². The number of hydrogen-bond acceptors (Lipinski definition) is 5. The third-order valence-corrected chi connectivity index (χ3v) is 9.26. The quantitative estimate of drug-likeness (QED) is 0.333. The lowest BCUT2D eigenvalue weighted by molar-refractivity contribution is -0.141. The van der Waals surface area contributed by atoms with Gasteiger partial charge in [0.25, 0.3) is 0 Å². The number of aliphatic carboxylic acids is 1. The van der Waals surface area contributed by atoms with Crippen LogP contribution in [0, 0.1) is 0 Å². The molecule has 2 aliphatic carbocycles. The molecule has 1 saturated carbocycles. The van der Waals surface area contributed by atoms with Crippen molar-refractivity contribution in [3.63, 3.8) is 0 Å². The standard InChI is InChI=1S/C34H37N3O5/c38-30(39)21-33(15-8-16-33)35-31(40)34(17-19-37(20-18-34)22-24-9-2-1-3-10-24)36-32(41)42-23-29-27-13-6-4-11-25(27)26-12-5-7-14-28(26)29/h1-7,9-14,29H,8,15-23H2,(H,35,40)(H,36,41)(H,38,39). The second-order valence-corrected chi connectivity index (χ2v) is 12.0. The van der Waals surface area contributed by atoms with Crippen molar-refractivity contribution in [2.24, 2.45) is 0 Å². The number of carboxylic acid groups (broad SMARTS) is 1. The Morgan fingerprint density at radius 2 is 1.40 bits per heavy atom. The molecule has 3 aromatic carbocycles. The Morgan fingerprint density at radius 1 is 0.810 bits per heavy atom. The number of carboxylic acids is 1. The minimum absolute atomic E-state index is 0.0885. The zero-order valence-corrected chi connectivity index (χ0v) is 23.7. The van der Waals surface area contributed by atoms with E-state index in [9.17, 15) is 19.5 Å². The summed E-state index contributed by atoms with van der Waals surface area (Å²) in [6, 6.07) is 26.5. The Kier molecular flexibility index (Phi) is 7.73. The summed E-state index contributed by atoms with van der Waals surface area (Å²) in [5.74, 6) is -1.35. The van der Waals surface area contributed by atoms with Gasteiger partial charge in [-0.25, -0.2) is 4.79 Å². The van der Waals surface area contributed by atoms with Gasteiger partial charge in [-0.05, 0) is 59.9 Å². The number of likely N-dealkylation sites (tertiary alicyclic amines) is 1. The van der Waals surface area contributed by atoms with Crippen molar-refractivity contribution in [2.45, 2.75) is 62.1 Å².